The topological polar surface area (TPSA) is 107 Å². The molecule has 1 aromatic carbocycles. The van der Waals surface area contributed by atoms with Crippen molar-refractivity contribution in [3.63, 3.8) is 0 Å². The molecule has 0 saturated carbocycles. The molecule has 1 N–H and O–H groups in total. The normalized spacial score (nSPS) is 14.9. The Morgan fingerprint density at radius 1 is 1.15 bits per heavy atom. The van der Waals surface area contributed by atoms with Crippen molar-refractivity contribution in [1.29, 1.82) is 0 Å². The zero-order chi connectivity index (χ0) is 24.6. The summed E-state index contributed by atoms with van der Waals surface area (Å²) < 4.78 is 13.1. The predicted molar refractivity (Wildman–Crippen MR) is 130 cm³/mol. The second-order valence-corrected chi connectivity index (χ2v) is 10.1. The third-order valence-electron chi connectivity index (χ3n) is 5.75. The number of amides is 1. The van der Waals surface area contributed by atoms with Crippen molar-refractivity contribution in [2.24, 2.45) is 0 Å². The highest BCUT2D eigenvalue weighted by Gasteiger charge is 2.30. The number of hydrogen-bond acceptors (Lipinski definition) is 6. The summed E-state index contributed by atoms with van der Waals surface area (Å²) in [6, 6.07) is 7.20. The summed E-state index contributed by atoms with van der Waals surface area (Å²) in [4.78, 5) is 30.8. The van der Waals surface area contributed by atoms with Gasteiger partial charge in [0.2, 0.25) is 0 Å². The summed E-state index contributed by atoms with van der Waals surface area (Å²) in [5.74, 6) is -0.533. The number of fused-ring (bicyclic) bond motifs is 1. The maximum absolute atomic E-state index is 12.4. The number of aromatic nitrogens is 3. The molecule has 1 fully saturated rings. The van der Waals surface area contributed by atoms with E-state index in [9.17, 15) is 14.7 Å². The summed E-state index contributed by atoms with van der Waals surface area (Å²) >= 11 is 3.41. The first-order valence-electron chi connectivity index (χ1n) is 11.0. The molecule has 1 aliphatic rings. The van der Waals surface area contributed by atoms with Gasteiger partial charge in [0.25, 0.3) is 0 Å². The van der Waals surface area contributed by atoms with E-state index in [2.05, 4.69) is 20.9 Å². The van der Waals surface area contributed by atoms with Crippen molar-refractivity contribution in [3.8, 4) is 11.4 Å². The first-order valence-corrected chi connectivity index (χ1v) is 11.8. The Morgan fingerprint density at radius 2 is 1.85 bits per heavy atom. The third-order valence-corrected chi connectivity index (χ3v) is 6.24. The van der Waals surface area contributed by atoms with Gasteiger partial charge in [0.1, 0.15) is 28.1 Å². The number of carbonyl (C=O) groups is 2. The second-order valence-electron chi connectivity index (χ2n) is 9.22. The van der Waals surface area contributed by atoms with Gasteiger partial charge in [-0.15, -0.1) is 0 Å². The van der Waals surface area contributed by atoms with Crippen LogP contribution in [0.15, 0.2) is 34.9 Å². The molecule has 0 spiro atoms. The summed E-state index contributed by atoms with van der Waals surface area (Å²) in [6.45, 7) is 6.65. The molecule has 1 amide bonds. The number of carboxylic acids is 1. The lowest BCUT2D eigenvalue weighted by Gasteiger charge is -2.33. The molecular weight excluding hydrogens is 504 g/mol. The molecule has 10 heteroatoms. The van der Waals surface area contributed by atoms with Gasteiger partial charge in [-0.1, -0.05) is 15.9 Å². The molecule has 180 valence electrons. The van der Waals surface area contributed by atoms with Crippen molar-refractivity contribution in [1.82, 2.24) is 19.7 Å². The molecule has 3 heterocycles. The van der Waals surface area contributed by atoms with Crippen LogP contribution in [0.5, 0.6) is 5.75 Å². The molecule has 0 aliphatic carbocycles. The van der Waals surface area contributed by atoms with Gasteiger partial charge < -0.3 is 19.5 Å². The van der Waals surface area contributed by atoms with Gasteiger partial charge in [-0.05, 0) is 69.4 Å². The summed E-state index contributed by atoms with van der Waals surface area (Å²) in [6.07, 6.45) is 2.74. The Balaban J connectivity index is 1.70. The van der Waals surface area contributed by atoms with Gasteiger partial charge in [0.05, 0.1) is 7.11 Å². The van der Waals surface area contributed by atoms with Crippen LogP contribution in [0.25, 0.3) is 16.7 Å². The number of rotatable bonds is 4. The Hall–Kier alpha value is -3.14. The third kappa shape index (κ3) is 4.72. The first kappa shape index (κ1) is 24.0. The number of halogens is 1. The highest BCUT2D eigenvalue weighted by molar-refractivity contribution is 9.10. The van der Waals surface area contributed by atoms with Gasteiger partial charge in [0, 0.05) is 23.8 Å². The predicted octanol–water partition coefficient (Wildman–Crippen LogP) is 5.00. The van der Waals surface area contributed by atoms with E-state index in [0.717, 1.165) is 22.9 Å². The molecule has 4 rings (SSSR count). The zero-order valence-corrected chi connectivity index (χ0v) is 21.1. The number of ether oxygens (including phenoxy) is 2. The van der Waals surface area contributed by atoms with Crippen molar-refractivity contribution in [3.05, 3.63) is 46.2 Å². The van der Waals surface area contributed by atoms with E-state index in [4.69, 9.17) is 14.6 Å². The van der Waals surface area contributed by atoms with Crippen LogP contribution in [-0.2, 0) is 4.74 Å². The first-order chi connectivity index (χ1) is 16.1. The standard InChI is InChI=1S/C24H27BrN4O5/c1-24(2,3)34-23(32)28-11-8-14(9-12-28)16-7-10-26-20-19(16)27-29(21(20)22(30)31)17-6-5-15(25)13-18(17)33-4/h5-7,10,13-14H,8-9,11-12H2,1-4H3,(H,30,31). The van der Waals surface area contributed by atoms with E-state index in [-0.39, 0.29) is 17.7 Å². The summed E-state index contributed by atoms with van der Waals surface area (Å²) in [7, 11) is 1.52. The lowest BCUT2D eigenvalue weighted by molar-refractivity contribution is 0.0205. The van der Waals surface area contributed by atoms with Crippen LogP contribution >= 0.6 is 15.9 Å². The fraction of sp³-hybridized carbons (Fsp3) is 0.417. The zero-order valence-electron chi connectivity index (χ0n) is 19.5. The molecule has 0 bridgehead atoms. The molecule has 1 aliphatic heterocycles. The number of methoxy groups -OCH3 is 1. The maximum atomic E-state index is 12.4. The molecule has 0 radical (unpaired) electrons. The molecular formula is C24H27BrN4O5. The van der Waals surface area contributed by atoms with Gasteiger partial charge in [0.15, 0.2) is 5.69 Å². The number of likely N-dealkylation sites (tertiary alicyclic amines) is 1. The Labute approximate surface area is 205 Å². The van der Waals surface area contributed by atoms with Gasteiger partial charge in [-0.25, -0.2) is 14.3 Å². The highest BCUT2D eigenvalue weighted by atomic mass is 79.9. The molecule has 9 nitrogen and oxygen atoms in total. The number of carboxylic acid groups (broad SMARTS) is 1. The minimum absolute atomic E-state index is 0.0244. The van der Waals surface area contributed by atoms with Crippen LogP contribution in [-0.4, -0.2) is 62.6 Å². The number of benzene rings is 1. The van der Waals surface area contributed by atoms with Crippen molar-refractivity contribution < 1.29 is 24.2 Å². The summed E-state index contributed by atoms with van der Waals surface area (Å²) in [5.41, 5.74) is 1.73. The molecule has 1 saturated heterocycles. The van der Waals surface area contributed by atoms with Crippen molar-refractivity contribution >= 4 is 39.0 Å². The molecule has 0 unspecified atom stereocenters. The van der Waals surface area contributed by atoms with Gasteiger partial charge >= 0.3 is 12.1 Å². The van der Waals surface area contributed by atoms with Crippen molar-refractivity contribution in [2.45, 2.75) is 45.1 Å². The average molecular weight is 531 g/mol. The molecule has 3 aromatic rings. The van der Waals surface area contributed by atoms with E-state index in [0.29, 0.717) is 35.6 Å². The fourth-order valence-electron chi connectivity index (χ4n) is 4.22. The number of hydrogen-bond donors (Lipinski definition) is 1. The van der Waals surface area contributed by atoms with Crippen LogP contribution in [0.3, 0.4) is 0 Å². The second kappa shape index (κ2) is 9.25. The van der Waals surface area contributed by atoms with E-state index >= 15 is 0 Å². The van der Waals surface area contributed by atoms with E-state index < -0.39 is 11.6 Å². The van der Waals surface area contributed by atoms with E-state index in [1.807, 2.05) is 26.8 Å². The van der Waals surface area contributed by atoms with E-state index in [1.165, 1.54) is 11.8 Å². The smallest absolute Gasteiger partial charge is 0.410 e. The van der Waals surface area contributed by atoms with Crippen LogP contribution < -0.4 is 4.74 Å². The quantitative estimate of drug-likeness (QED) is 0.505. The highest BCUT2D eigenvalue weighted by Crippen LogP contribution is 2.35. The number of carbonyl (C=O) groups excluding carboxylic acids is 1. The van der Waals surface area contributed by atoms with Crippen molar-refractivity contribution in [2.75, 3.05) is 20.2 Å². The van der Waals surface area contributed by atoms with E-state index in [1.54, 1.807) is 29.3 Å². The lowest BCUT2D eigenvalue weighted by Crippen LogP contribution is -2.41. The number of piperidine rings is 1. The Kier molecular flexibility index (Phi) is 6.53. The Morgan fingerprint density at radius 3 is 2.47 bits per heavy atom. The van der Waals surface area contributed by atoms with Gasteiger partial charge in [-0.3, -0.25) is 4.98 Å². The number of aromatic carboxylic acids is 1. The van der Waals surface area contributed by atoms with Crippen LogP contribution in [0, 0.1) is 0 Å². The fourth-order valence-corrected chi connectivity index (χ4v) is 4.56. The SMILES string of the molecule is COc1cc(Br)ccc1-n1nc2c(C3CCN(C(=O)OC(C)(C)C)CC3)ccnc2c1C(=O)O. The van der Waals surface area contributed by atoms with Crippen LogP contribution in [0.2, 0.25) is 0 Å². The summed E-state index contributed by atoms with van der Waals surface area (Å²) in [5, 5.41) is 14.7. The largest absolute Gasteiger partial charge is 0.494 e. The molecule has 0 atom stereocenters. The van der Waals surface area contributed by atoms with Gasteiger partial charge in [-0.2, -0.15) is 5.10 Å². The molecule has 34 heavy (non-hydrogen) atoms. The Bertz CT molecular complexity index is 1240. The monoisotopic (exact) mass is 530 g/mol. The average Bonchev–Trinajstić information content (AvgIpc) is 3.17. The minimum atomic E-state index is -1.13. The number of nitrogens with zero attached hydrogens (tertiary/aromatic N) is 4. The maximum Gasteiger partial charge on any atom is 0.410 e. The minimum Gasteiger partial charge on any atom is -0.494 e. The molecule has 2 aromatic heterocycles. The van der Waals surface area contributed by atoms with Crippen LogP contribution in [0.4, 0.5) is 4.79 Å². The number of pyridine rings is 1. The van der Waals surface area contributed by atoms with Crippen LogP contribution in [0.1, 0.15) is 55.6 Å². The lowest BCUT2D eigenvalue weighted by atomic mass is 9.89.